The first-order valence-electron chi connectivity index (χ1n) is 6.97. The summed E-state index contributed by atoms with van der Waals surface area (Å²) < 4.78 is 9.43. The van der Waals surface area contributed by atoms with E-state index in [2.05, 4.69) is 16.9 Å². The molecule has 0 bridgehead atoms. The summed E-state index contributed by atoms with van der Waals surface area (Å²) >= 11 is 0. The molecule has 0 saturated carbocycles. The molecule has 0 aromatic heterocycles. The quantitative estimate of drug-likeness (QED) is 0.682. The van der Waals surface area contributed by atoms with Crippen LogP contribution in [0.25, 0.3) is 0 Å². The minimum absolute atomic E-state index is 0.200. The van der Waals surface area contributed by atoms with E-state index in [1.165, 1.54) is 19.8 Å². The Morgan fingerprint density at radius 1 is 1.14 bits per heavy atom. The Balaban J connectivity index is 2.56. The van der Waals surface area contributed by atoms with Crippen LogP contribution in [0.1, 0.15) is 18.4 Å². The summed E-state index contributed by atoms with van der Waals surface area (Å²) in [4.78, 5) is 25.0. The number of carbonyl (C=O) groups excluding carboxylic acids is 2. The minimum atomic E-state index is -0.433. The van der Waals surface area contributed by atoms with Gasteiger partial charge in [-0.1, -0.05) is 30.3 Å². The third-order valence-electron chi connectivity index (χ3n) is 3.45. The number of hydrogen-bond donors (Lipinski definition) is 0. The van der Waals surface area contributed by atoms with Crippen molar-refractivity contribution >= 4 is 11.9 Å². The first-order valence-corrected chi connectivity index (χ1v) is 6.97. The van der Waals surface area contributed by atoms with Gasteiger partial charge < -0.3 is 9.47 Å². The maximum Gasteiger partial charge on any atom is 0.323 e. The average Bonchev–Trinajstić information content (AvgIpc) is 2.53. The predicted octanol–water partition coefficient (Wildman–Crippen LogP) is 1.66. The summed E-state index contributed by atoms with van der Waals surface area (Å²) in [5.41, 5.74) is 1.21. The number of carbonyl (C=O) groups is 2. The number of nitrogens with zero attached hydrogens (tertiary/aromatic N) is 1. The average molecular weight is 293 g/mol. The number of methoxy groups -OCH3 is 2. The molecule has 0 aliphatic heterocycles. The zero-order valence-corrected chi connectivity index (χ0v) is 12.9. The smallest absolute Gasteiger partial charge is 0.323 e. The fourth-order valence-electron chi connectivity index (χ4n) is 2.12. The number of rotatable bonds is 8. The first-order chi connectivity index (χ1) is 10.1. The van der Waals surface area contributed by atoms with E-state index >= 15 is 0 Å². The molecule has 0 fully saturated rings. The third-order valence-corrected chi connectivity index (χ3v) is 3.45. The van der Waals surface area contributed by atoms with Crippen molar-refractivity contribution in [1.29, 1.82) is 0 Å². The molecule has 0 heterocycles. The summed E-state index contributed by atoms with van der Waals surface area (Å²) in [6.07, 6.45) is 1.43. The van der Waals surface area contributed by atoms with Gasteiger partial charge in [0.2, 0.25) is 0 Å². The second-order valence-electron chi connectivity index (χ2n) is 4.87. The van der Waals surface area contributed by atoms with Crippen molar-refractivity contribution in [2.24, 2.45) is 0 Å². The van der Waals surface area contributed by atoms with Crippen molar-refractivity contribution < 1.29 is 19.1 Å². The maximum atomic E-state index is 11.8. The summed E-state index contributed by atoms with van der Waals surface area (Å²) in [6, 6.07) is 9.62. The van der Waals surface area contributed by atoms with Crippen LogP contribution >= 0.6 is 0 Å². The predicted molar refractivity (Wildman–Crippen MR) is 79.8 cm³/mol. The number of esters is 2. The Morgan fingerprint density at radius 3 is 2.38 bits per heavy atom. The lowest BCUT2D eigenvalue weighted by Gasteiger charge is -2.25. The van der Waals surface area contributed by atoms with Crippen LogP contribution in [-0.4, -0.2) is 50.7 Å². The summed E-state index contributed by atoms with van der Waals surface area (Å²) in [7, 11) is 4.56. The van der Waals surface area contributed by atoms with Gasteiger partial charge in [0, 0.05) is 13.0 Å². The molecule has 116 valence electrons. The van der Waals surface area contributed by atoms with Crippen LogP contribution in [0, 0.1) is 0 Å². The Hall–Kier alpha value is -1.88. The van der Waals surface area contributed by atoms with E-state index in [1.807, 2.05) is 30.1 Å². The van der Waals surface area contributed by atoms with E-state index in [-0.39, 0.29) is 18.4 Å². The van der Waals surface area contributed by atoms with Crippen molar-refractivity contribution in [3.63, 3.8) is 0 Å². The lowest BCUT2D eigenvalue weighted by atomic mass is 10.1. The molecule has 1 rings (SSSR count). The highest BCUT2D eigenvalue weighted by atomic mass is 16.5. The van der Waals surface area contributed by atoms with E-state index in [0.29, 0.717) is 13.0 Å². The highest BCUT2D eigenvalue weighted by Crippen LogP contribution is 2.10. The standard InChI is InChI=1S/C16H23NO4/c1-17(12-11-13-7-5-4-6-8-13)14(16(19)21-3)9-10-15(18)20-2/h4-8,14H,9-12H2,1-3H3. The van der Waals surface area contributed by atoms with Crippen molar-refractivity contribution in [3.8, 4) is 0 Å². The highest BCUT2D eigenvalue weighted by molar-refractivity contribution is 5.77. The van der Waals surface area contributed by atoms with E-state index in [1.54, 1.807) is 0 Å². The lowest BCUT2D eigenvalue weighted by Crippen LogP contribution is -2.40. The number of hydrogen-bond acceptors (Lipinski definition) is 5. The molecule has 0 aliphatic rings. The molecule has 0 saturated heterocycles. The van der Waals surface area contributed by atoms with E-state index in [4.69, 9.17) is 4.74 Å². The van der Waals surface area contributed by atoms with Gasteiger partial charge in [0.15, 0.2) is 0 Å². The second-order valence-corrected chi connectivity index (χ2v) is 4.87. The SMILES string of the molecule is COC(=O)CCC(C(=O)OC)N(C)CCc1ccccc1. The first kappa shape index (κ1) is 17.2. The van der Waals surface area contributed by atoms with Crippen molar-refractivity contribution in [1.82, 2.24) is 4.90 Å². The van der Waals surface area contributed by atoms with E-state index in [9.17, 15) is 9.59 Å². The van der Waals surface area contributed by atoms with Gasteiger partial charge in [0.05, 0.1) is 14.2 Å². The van der Waals surface area contributed by atoms with Crippen LogP contribution in [0.15, 0.2) is 30.3 Å². The van der Waals surface area contributed by atoms with Crippen LogP contribution < -0.4 is 0 Å². The van der Waals surface area contributed by atoms with Crippen LogP contribution in [-0.2, 0) is 25.5 Å². The van der Waals surface area contributed by atoms with Gasteiger partial charge in [-0.05, 0) is 25.5 Å². The fourth-order valence-corrected chi connectivity index (χ4v) is 2.12. The Kier molecular flexibility index (Phi) is 7.46. The molecule has 1 unspecified atom stereocenters. The van der Waals surface area contributed by atoms with Gasteiger partial charge in [-0.2, -0.15) is 0 Å². The van der Waals surface area contributed by atoms with Gasteiger partial charge in [0.25, 0.3) is 0 Å². The highest BCUT2D eigenvalue weighted by Gasteiger charge is 2.24. The van der Waals surface area contributed by atoms with Crippen molar-refractivity contribution in [2.45, 2.75) is 25.3 Å². The van der Waals surface area contributed by atoms with Gasteiger partial charge in [0.1, 0.15) is 6.04 Å². The molecule has 0 spiro atoms. The summed E-state index contributed by atoms with van der Waals surface area (Å²) in [6.45, 7) is 0.713. The normalized spacial score (nSPS) is 12.0. The van der Waals surface area contributed by atoms with Crippen LogP contribution in [0.4, 0.5) is 0 Å². The maximum absolute atomic E-state index is 11.8. The topological polar surface area (TPSA) is 55.8 Å². The molecule has 1 aromatic carbocycles. The molecule has 0 aliphatic carbocycles. The lowest BCUT2D eigenvalue weighted by molar-refractivity contribution is -0.147. The third kappa shape index (κ3) is 5.95. The summed E-state index contributed by atoms with van der Waals surface area (Å²) in [5, 5.41) is 0. The van der Waals surface area contributed by atoms with E-state index < -0.39 is 6.04 Å². The molecule has 0 amide bonds. The second kappa shape index (κ2) is 9.13. The van der Waals surface area contributed by atoms with Gasteiger partial charge in [-0.15, -0.1) is 0 Å². The Labute approximate surface area is 125 Å². The fraction of sp³-hybridized carbons (Fsp3) is 0.500. The monoisotopic (exact) mass is 293 g/mol. The minimum Gasteiger partial charge on any atom is -0.469 e. The zero-order valence-electron chi connectivity index (χ0n) is 12.9. The van der Waals surface area contributed by atoms with Crippen LogP contribution in [0.2, 0.25) is 0 Å². The van der Waals surface area contributed by atoms with Crippen LogP contribution in [0.3, 0.4) is 0 Å². The summed E-state index contributed by atoms with van der Waals surface area (Å²) in [5.74, 6) is -0.644. The molecule has 1 aromatic rings. The number of benzene rings is 1. The Bertz CT molecular complexity index is 447. The molecular formula is C16H23NO4. The van der Waals surface area contributed by atoms with Gasteiger partial charge in [-0.25, -0.2) is 0 Å². The van der Waals surface area contributed by atoms with Crippen molar-refractivity contribution in [2.75, 3.05) is 27.8 Å². The van der Waals surface area contributed by atoms with Gasteiger partial charge >= 0.3 is 11.9 Å². The molecule has 5 heteroatoms. The molecule has 1 atom stereocenters. The molecule has 5 nitrogen and oxygen atoms in total. The molecule has 0 N–H and O–H groups in total. The zero-order chi connectivity index (χ0) is 15.7. The van der Waals surface area contributed by atoms with Gasteiger partial charge in [-0.3, -0.25) is 14.5 Å². The molecule has 21 heavy (non-hydrogen) atoms. The van der Waals surface area contributed by atoms with Crippen molar-refractivity contribution in [3.05, 3.63) is 35.9 Å². The van der Waals surface area contributed by atoms with Crippen LogP contribution in [0.5, 0.6) is 0 Å². The largest absolute Gasteiger partial charge is 0.469 e. The Morgan fingerprint density at radius 2 is 1.81 bits per heavy atom. The van der Waals surface area contributed by atoms with E-state index in [0.717, 1.165) is 6.42 Å². The molecule has 0 radical (unpaired) electrons. The number of ether oxygens (including phenoxy) is 2. The molecular weight excluding hydrogens is 270 g/mol. The number of likely N-dealkylation sites (N-methyl/N-ethyl adjacent to an activating group) is 1.